The summed E-state index contributed by atoms with van der Waals surface area (Å²) in [7, 11) is 0. The van der Waals surface area contributed by atoms with Gasteiger partial charge < -0.3 is 22.1 Å². The second-order valence-corrected chi connectivity index (χ2v) is 4.58. The molecule has 0 bridgehead atoms. The van der Waals surface area contributed by atoms with Crippen LogP contribution in [0.4, 0.5) is 17.6 Å². The molecular weight excluding hydrogens is 268 g/mol. The fourth-order valence-electron chi connectivity index (χ4n) is 1.75. The van der Waals surface area contributed by atoms with Crippen LogP contribution in [0.3, 0.4) is 0 Å². The maximum absolute atomic E-state index is 11.9. The Labute approximate surface area is 122 Å². The molecule has 0 atom stereocenters. The minimum absolute atomic E-state index is 0.112. The first-order valence-electron chi connectivity index (χ1n) is 6.53. The molecule has 2 aromatic rings. The highest BCUT2D eigenvalue weighted by Gasteiger charge is 2.04. The van der Waals surface area contributed by atoms with Crippen molar-refractivity contribution in [2.75, 3.05) is 29.9 Å². The quantitative estimate of drug-likeness (QED) is 0.603. The van der Waals surface area contributed by atoms with Crippen molar-refractivity contribution in [3.63, 3.8) is 0 Å². The molecule has 0 saturated carbocycles. The zero-order valence-electron chi connectivity index (χ0n) is 11.8. The third-order valence-electron chi connectivity index (χ3n) is 2.79. The van der Waals surface area contributed by atoms with E-state index in [1.807, 2.05) is 19.1 Å². The van der Waals surface area contributed by atoms with E-state index in [0.29, 0.717) is 30.3 Å². The molecule has 1 aromatic heterocycles. The predicted molar refractivity (Wildman–Crippen MR) is 82.9 cm³/mol. The number of rotatable bonds is 5. The molecule has 0 spiro atoms. The van der Waals surface area contributed by atoms with Gasteiger partial charge in [0.1, 0.15) is 11.6 Å². The van der Waals surface area contributed by atoms with E-state index < -0.39 is 0 Å². The lowest BCUT2D eigenvalue weighted by Crippen LogP contribution is -2.28. The van der Waals surface area contributed by atoms with E-state index in [4.69, 9.17) is 11.5 Å². The summed E-state index contributed by atoms with van der Waals surface area (Å²) >= 11 is 0. The maximum Gasteiger partial charge on any atom is 0.251 e. The molecule has 0 fully saturated rings. The van der Waals surface area contributed by atoms with Crippen LogP contribution < -0.4 is 22.1 Å². The van der Waals surface area contributed by atoms with Gasteiger partial charge in [-0.2, -0.15) is 9.97 Å². The van der Waals surface area contributed by atoms with Crippen LogP contribution in [0.25, 0.3) is 0 Å². The van der Waals surface area contributed by atoms with E-state index in [0.717, 1.165) is 5.56 Å². The summed E-state index contributed by atoms with van der Waals surface area (Å²) in [5.74, 6) is 0.831. The fraction of sp³-hybridized carbons (Fsp3) is 0.214. The maximum atomic E-state index is 11.9. The lowest BCUT2D eigenvalue weighted by Gasteiger charge is -2.08. The molecule has 1 aromatic carbocycles. The number of benzene rings is 1. The van der Waals surface area contributed by atoms with Crippen LogP contribution in [-0.4, -0.2) is 29.0 Å². The second-order valence-electron chi connectivity index (χ2n) is 4.58. The minimum atomic E-state index is -0.112. The summed E-state index contributed by atoms with van der Waals surface area (Å²) in [6.45, 7) is 2.94. The average molecular weight is 286 g/mol. The summed E-state index contributed by atoms with van der Waals surface area (Å²) in [5, 5.41) is 5.83. The standard InChI is InChI=1S/C14H18N6O/c1-9-2-4-10(5-3-9)13(21)18-7-6-17-12-8-11(15)19-14(16)20-12/h2-5,8H,6-7H2,1H3,(H,18,21)(H5,15,16,17,19,20). The number of aryl methyl sites for hydroxylation is 1. The van der Waals surface area contributed by atoms with Gasteiger partial charge in [-0.05, 0) is 19.1 Å². The zero-order valence-corrected chi connectivity index (χ0v) is 11.8. The fourth-order valence-corrected chi connectivity index (χ4v) is 1.75. The molecule has 7 heteroatoms. The lowest BCUT2D eigenvalue weighted by molar-refractivity contribution is 0.0955. The topological polar surface area (TPSA) is 119 Å². The number of hydrogen-bond acceptors (Lipinski definition) is 6. The van der Waals surface area contributed by atoms with Crippen LogP contribution in [-0.2, 0) is 0 Å². The smallest absolute Gasteiger partial charge is 0.251 e. The van der Waals surface area contributed by atoms with E-state index in [1.165, 1.54) is 0 Å². The predicted octanol–water partition coefficient (Wildman–Crippen LogP) is 0.791. The van der Waals surface area contributed by atoms with Gasteiger partial charge in [0.15, 0.2) is 0 Å². The highest BCUT2D eigenvalue weighted by atomic mass is 16.1. The second kappa shape index (κ2) is 6.56. The number of hydrogen-bond donors (Lipinski definition) is 4. The summed E-state index contributed by atoms with van der Waals surface area (Å²) < 4.78 is 0. The van der Waals surface area contributed by atoms with Gasteiger partial charge in [0.05, 0.1) is 0 Å². The number of nitrogens with zero attached hydrogens (tertiary/aromatic N) is 2. The van der Waals surface area contributed by atoms with Crippen molar-refractivity contribution < 1.29 is 4.79 Å². The van der Waals surface area contributed by atoms with Crippen molar-refractivity contribution in [2.45, 2.75) is 6.92 Å². The lowest BCUT2D eigenvalue weighted by atomic mass is 10.1. The molecule has 0 aliphatic rings. The largest absolute Gasteiger partial charge is 0.383 e. The average Bonchev–Trinajstić information content (AvgIpc) is 2.43. The van der Waals surface area contributed by atoms with E-state index in [9.17, 15) is 4.79 Å². The molecule has 110 valence electrons. The van der Waals surface area contributed by atoms with Gasteiger partial charge in [0, 0.05) is 24.7 Å². The SMILES string of the molecule is Cc1ccc(C(=O)NCCNc2cc(N)nc(N)n2)cc1. The first-order chi connectivity index (χ1) is 10.0. The molecule has 0 unspecified atom stereocenters. The van der Waals surface area contributed by atoms with Crippen LogP contribution >= 0.6 is 0 Å². The van der Waals surface area contributed by atoms with Crippen molar-refractivity contribution in [1.82, 2.24) is 15.3 Å². The minimum Gasteiger partial charge on any atom is -0.383 e. The molecule has 1 amide bonds. The van der Waals surface area contributed by atoms with Gasteiger partial charge in [-0.3, -0.25) is 4.79 Å². The summed E-state index contributed by atoms with van der Waals surface area (Å²) in [4.78, 5) is 19.6. The van der Waals surface area contributed by atoms with Crippen molar-refractivity contribution in [2.24, 2.45) is 0 Å². The van der Waals surface area contributed by atoms with Gasteiger partial charge in [-0.25, -0.2) is 0 Å². The Bertz CT molecular complexity index is 606. The number of nitrogens with two attached hydrogens (primary N) is 2. The zero-order chi connectivity index (χ0) is 15.2. The first kappa shape index (κ1) is 14.6. The van der Waals surface area contributed by atoms with Crippen molar-refractivity contribution in [3.05, 3.63) is 41.5 Å². The number of carbonyl (C=O) groups is 1. The van der Waals surface area contributed by atoms with Crippen molar-refractivity contribution in [3.8, 4) is 0 Å². The molecule has 0 radical (unpaired) electrons. The molecule has 0 aliphatic heterocycles. The molecule has 1 heterocycles. The van der Waals surface area contributed by atoms with Crippen LogP contribution in [0.15, 0.2) is 30.3 Å². The number of anilines is 3. The molecule has 7 nitrogen and oxygen atoms in total. The van der Waals surface area contributed by atoms with Gasteiger partial charge in [0.2, 0.25) is 5.95 Å². The Morgan fingerprint density at radius 2 is 1.86 bits per heavy atom. The van der Waals surface area contributed by atoms with E-state index in [1.54, 1.807) is 18.2 Å². The summed E-state index contributed by atoms with van der Waals surface area (Å²) in [6.07, 6.45) is 0. The Hall–Kier alpha value is -2.83. The monoisotopic (exact) mass is 286 g/mol. The van der Waals surface area contributed by atoms with Crippen molar-refractivity contribution in [1.29, 1.82) is 0 Å². The summed E-state index contributed by atoms with van der Waals surface area (Å²) in [6, 6.07) is 8.98. The number of aromatic nitrogens is 2. The number of nitrogens with one attached hydrogen (secondary N) is 2. The van der Waals surface area contributed by atoms with Gasteiger partial charge >= 0.3 is 0 Å². The van der Waals surface area contributed by atoms with Gasteiger partial charge in [0.25, 0.3) is 5.91 Å². The Balaban J connectivity index is 1.79. The Kier molecular flexibility index (Phi) is 4.55. The molecule has 6 N–H and O–H groups in total. The molecule has 2 rings (SSSR count). The highest BCUT2D eigenvalue weighted by molar-refractivity contribution is 5.94. The van der Waals surface area contributed by atoms with Crippen molar-refractivity contribution >= 4 is 23.5 Å². The van der Waals surface area contributed by atoms with Crippen LogP contribution in [0, 0.1) is 6.92 Å². The molecule has 21 heavy (non-hydrogen) atoms. The highest BCUT2D eigenvalue weighted by Crippen LogP contribution is 2.08. The van der Waals surface area contributed by atoms with Crippen LogP contribution in [0.1, 0.15) is 15.9 Å². The first-order valence-corrected chi connectivity index (χ1v) is 6.53. The van der Waals surface area contributed by atoms with E-state index in [2.05, 4.69) is 20.6 Å². The number of amides is 1. The number of nitrogen functional groups attached to an aromatic ring is 2. The van der Waals surface area contributed by atoms with Crippen LogP contribution in [0.5, 0.6) is 0 Å². The van der Waals surface area contributed by atoms with Gasteiger partial charge in [-0.15, -0.1) is 0 Å². The number of carbonyl (C=O) groups excluding carboxylic acids is 1. The van der Waals surface area contributed by atoms with E-state index >= 15 is 0 Å². The van der Waals surface area contributed by atoms with Gasteiger partial charge in [-0.1, -0.05) is 17.7 Å². The Morgan fingerprint density at radius 1 is 1.14 bits per heavy atom. The normalized spacial score (nSPS) is 10.1. The Morgan fingerprint density at radius 3 is 2.52 bits per heavy atom. The molecule has 0 saturated heterocycles. The third-order valence-corrected chi connectivity index (χ3v) is 2.79. The molecule has 0 aliphatic carbocycles. The van der Waals surface area contributed by atoms with E-state index in [-0.39, 0.29) is 11.9 Å². The van der Waals surface area contributed by atoms with Crippen LogP contribution in [0.2, 0.25) is 0 Å². The molecular formula is C14H18N6O. The summed E-state index contributed by atoms with van der Waals surface area (Å²) in [5.41, 5.74) is 12.8. The third kappa shape index (κ3) is 4.34.